The predicted octanol–water partition coefficient (Wildman–Crippen LogP) is 1.88. The highest BCUT2D eigenvalue weighted by atomic mass is 16.5. The Balaban J connectivity index is 1.55. The van der Waals surface area contributed by atoms with Crippen LogP contribution in [0.3, 0.4) is 0 Å². The Kier molecular flexibility index (Phi) is 4.74. The van der Waals surface area contributed by atoms with Crippen molar-refractivity contribution in [2.24, 2.45) is 0 Å². The number of aryl methyl sites for hydroxylation is 2. The molecule has 1 fully saturated rings. The minimum Gasteiger partial charge on any atom is -0.378 e. The molecule has 2 aromatic heterocycles. The SMILES string of the molecule is c1ccc(CCCc2nccc(N3CCOCC3)n2)nc1. The number of pyridine rings is 1. The Morgan fingerprint density at radius 3 is 2.71 bits per heavy atom. The van der Waals surface area contributed by atoms with E-state index in [0.29, 0.717) is 0 Å². The first-order valence-electron chi connectivity index (χ1n) is 7.46. The molecule has 1 aliphatic heterocycles. The quantitative estimate of drug-likeness (QED) is 0.839. The molecular formula is C16H20N4O. The molecule has 0 N–H and O–H groups in total. The molecule has 0 aromatic carbocycles. The highest BCUT2D eigenvalue weighted by Gasteiger charge is 2.12. The van der Waals surface area contributed by atoms with Gasteiger partial charge in [0.15, 0.2) is 0 Å². The Labute approximate surface area is 125 Å². The van der Waals surface area contributed by atoms with Crippen LogP contribution >= 0.6 is 0 Å². The average Bonchev–Trinajstić information content (AvgIpc) is 2.57. The summed E-state index contributed by atoms with van der Waals surface area (Å²) in [5.41, 5.74) is 1.13. The van der Waals surface area contributed by atoms with Crippen molar-refractivity contribution in [3.8, 4) is 0 Å². The van der Waals surface area contributed by atoms with Crippen molar-refractivity contribution < 1.29 is 4.74 Å². The summed E-state index contributed by atoms with van der Waals surface area (Å²) in [5.74, 6) is 1.93. The second kappa shape index (κ2) is 7.13. The van der Waals surface area contributed by atoms with Crippen molar-refractivity contribution in [3.63, 3.8) is 0 Å². The Morgan fingerprint density at radius 1 is 1.00 bits per heavy atom. The third kappa shape index (κ3) is 3.98. The summed E-state index contributed by atoms with van der Waals surface area (Å²) in [4.78, 5) is 15.6. The number of morpholine rings is 1. The number of anilines is 1. The van der Waals surface area contributed by atoms with Gasteiger partial charge < -0.3 is 9.64 Å². The number of hydrogen-bond donors (Lipinski definition) is 0. The largest absolute Gasteiger partial charge is 0.378 e. The van der Waals surface area contributed by atoms with Crippen LogP contribution in [0.1, 0.15) is 17.9 Å². The molecule has 0 spiro atoms. The summed E-state index contributed by atoms with van der Waals surface area (Å²) >= 11 is 0. The fourth-order valence-corrected chi connectivity index (χ4v) is 2.45. The van der Waals surface area contributed by atoms with Crippen molar-refractivity contribution in [1.82, 2.24) is 15.0 Å². The lowest BCUT2D eigenvalue weighted by Gasteiger charge is -2.27. The Hall–Kier alpha value is -2.01. The zero-order valence-electron chi connectivity index (χ0n) is 12.1. The van der Waals surface area contributed by atoms with Gasteiger partial charge in [0.1, 0.15) is 11.6 Å². The average molecular weight is 284 g/mol. The number of aromatic nitrogens is 3. The van der Waals surface area contributed by atoms with Gasteiger partial charge in [0, 0.05) is 37.6 Å². The van der Waals surface area contributed by atoms with Crippen LogP contribution < -0.4 is 4.90 Å². The van der Waals surface area contributed by atoms with E-state index < -0.39 is 0 Å². The Morgan fingerprint density at radius 2 is 1.90 bits per heavy atom. The highest BCUT2D eigenvalue weighted by Crippen LogP contribution is 2.13. The van der Waals surface area contributed by atoms with Gasteiger partial charge in [-0.15, -0.1) is 0 Å². The van der Waals surface area contributed by atoms with E-state index in [4.69, 9.17) is 4.74 Å². The zero-order chi connectivity index (χ0) is 14.3. The molecule has 0 radical (unpaired) electrons. The molecule has 0 bridgehead atoms. The molecule has 21 heavy (non-hydrogen) atoms. The molecule has 5 nitrogen and oxygen atoms in total. The van der Waals surface area contributed by atoms with Gasteiger partial charge in [0.2, 0.25) is 0 Å². The van der Waals surface area contributed by atoms with Crippen LogP contribution in [0.25, 0.3) is 0 Å². The summed E-state index contributed by atoms with van der Waals surface area (Å²) in [6.45, 7) is 3.37. The van der Waals surface area contributed by atoms with Crippen molar-refractivity contribution in [3.05, 3.63) is 48.2 Å². The van der Waals surface area contributed by atoms with Gasteiger partial charge in [-0.2, -0.15) is 0 Å². The van der Waals surface area contributed by atoms with E-state index in [-0.39, 0.29) is 0 Å². The molecule has 0 aliphatic carbocycles. The normalized spacial score (nSPS) is 15.1. The number of nitrogens with zero attached hydrogens (tertiary/aromatic N) is 4. The highest BCUT2D eigenvalue weighted by molar-refractivity contribution is 5.37. The van der Waals surface area contributed by atoms with Crippen LogP contribution in [0.4, 0.5) is 5.82 Å². The predicted molar refractivity (Wildman–Crippen MR) is 81.3 cm³/mol. The van der Waals surface area contributed by atoms with E-state index >= 15 is 0 Å². The van der Waals surface area contributed by atoms with Gasteiger partial charge in [0.25, 0.3) is 0 Å². The van der Waals surface area contributed by atoms with Gasteiger partial charge in [0.05, 0.1) is 13.2 Å². The molecule has 2 aromatic rings. The zero-order valence-corrected chi connectivity index (χ0v) is 12.1. The molecule has 110 valence electrons. The monoisotopic (exact) mass is 284 g/mol. The van der Waals surface area contributed by atoms with Crippen LogP contribution in [0.15, 0.2) is 36.7 Å². The molecular weight excluding hydrogens is 264 g/mol. The van der Waals surface area contributed by atoms with Gasteiger partial charge in [-0.05, 0) is 31.0 Å². The number of rotatable bonds is 5. The van der Waals surface area contributed by atoms with Gasteiger partial charge in [-0.1, -0.05) is 6.07 Å². The van der Waals surface area contributed by atoms with Crippen molar-refractivity contribution in [2.75, 3.05) is 31.2 Å². The Bertz CT molecular complexity index is 555. The van der Waals surface area contributed by atoms with E-state index in [1.54, 1.807) is 0 Å². The second-order valence-corrected chi connectivity index (χ2v) is 5.11. The first kappa shape index (κ1) is 13.9. The first-order chi connectivity index (χ1) is 10.4. The smallest absolute Gasteiger partial charge is 0.132 e. The minimum atomic E-state index is 0.777. The number of hydrogen-bond acceptors (Lipinski definition) is 5. The molecule has 0 amide bonds. The maximum absolute atomic E-state index is 5.37. The van der Waals surface area contributed by atoms with E-state index in [1.807, 2.05) is 30.6 Å². The van der Waals surface area contributed by atoms with Crippen LogP contribution in [-0.4, -0.2) is 41.3 Å². The topological polar surface area (TPSA) is 51.1 Å². The van der Waals surface area contributed by atoms with Crippen molar-refractivity contribution in [2.45, 2.75) is 19.3 Å². The fourth-order valence-electron chi connectivity index (χ4n) is 2.45. The van der Waals surface area contributed by atoms with E-state index in [9.17, 15) is 0 Å². The lowest BCUT2D eigenvalue weighted by atomic mass is 10.1. The molecule has 0 unspecified atom stereocenters. The van der Waals surface area contributed by atoms with Crippen LogP contribution in [0, 0.1) is 0 Å². The summed E-state index contributed by atoms with van der Waals surface area (Å²) in [5, 5.41) is 0. The first-order valence-corrected chi connectivity index (χ1v) is 7.46. The fraction of sp³-hybridized carbons (Fsp3) is 0.438. The third-order valence-electron chi connectivity index (χ3n) is 3.59. The molecule has 3 rings (SSSR count). The molecule has 1 saturated heterocycles. The van der Waals surface area contributed by atoms with Crippen LogP contribution in [0.2, 0.25) is 0 Å². The summed E-state index contributed by atoms with van der Waals surface area (Å²) < 4.78 is 5.37. The molecule has 5 heteroatoms. The molecule has 0 atom stereocenters. The van der Waals surface area contributed by atoms with Gasteiger partial charge in [-0.3, -0.25) is 4.98 Å². The maximum atomic E-state index is 5.37. The summed E-state index contributed by atoms with van der Waals surface area (Å²) in [6, 6.07) is 8.01. The molecule has 3 heterocycles. The standard InChI is InChI=1S/C16H20N4O/c1-2-8-17-14(4-1)5-3-6-15-18-9-7-16(19-15)20-10-12-21-13-11-20/h1-2,4,7-9H,3,5-6,10-13H2. The van der Waals surface area contributed by atoms with Crippen molar-refractivity contribution in [1.29, 1.82) is 0 Å². The molecule has 0 saturated carbocycles. The lowest BCUT2D eigenvalue weighted by Crippen LogP contribution is -2.36. The lowest BCUT2D eigenvalue weighted by molar-refractivity contribution is 0.122. The minimum absolute atomic E-state index is 0.777. The summed E-state index contributed by atoms with van der Waals surface area (Å²) in [6.07, 6.45) is 6.56. The summed E-state index contributed by atoms with van der Waals surface area (Å²) in [7, 11) is 0. The van der Waals surface area contributed by atoms with E-state index in [2.05, 4.69) is 25.9 Å². The second-order valence-electron chi connectivity index (χ2n) is 5.11. The third-order valence-corrected chi connectivity index (χ3v) is 3.59. The van der Waals surface area contributed by atoms with Crippen molar-refractivity contribution >= 4 is 5.82 Å². The van der Waals surface area contributed by atoms with E-state index in [1.165, 1.54) is 0 Å². The molecule has 1 aliphatic rings. The number of ether oxygens (including phenoxy) is 1. The maximum Gasteiger partial charge on any atom is 0.132 e. The van der Waals surface area contributed by atoms with Crippen LogP contribution in [0.5, 0.6) is 0 Å². The van der Waals surface area contributed by atoms with E-state index in [0.717, 1.165) is 62.9 Å². The van der Waals surface area contributed by atoms with Crippen LogP contribution in [-0.2, 0) is 17.6 Å². The van der Waals surface area contributed by atoms with Gasteiger partial charge in [-0.25, -0.2) is 9.97 Å². The van der Waals surface area contributed by atoms with Gasteiger partial charge >= 0.3 is 0 Å².